The molecule has 1 aromatic rings. The van der Waals surface area contributed by atoms with Gasteiger partial charge in [-0.05, 0) is 39.0 Å². The maximum absolute atomic E-state index is 13.5. The van der Waals surface area contributed by atoms with Crippen LogP contribution in [0.15, 0.2) is 18.2 Å². The molecule has 0 spiro atoms. The minimum atomic E-state index is -4.54. The topological polar surface area (TPSA) is 21.3 Å². The molecule has 0 aliphatic heterocycles. The van der Waals surface area contributed by atoms with Crippen molar-refractivity contribution >= 4 is 5.69 Å². The molecule has 0 radical (unpaired) electrons. The zero-order chi connectivity index (χ0) is 14.7. The Morgan fingerprint density at radius 1 is 1.21 bits per heavy atom. The van der Waals surface area contributed by atoms with E-state index in [9.17, 15) is 17.6 Å². The van der Waals surface area contributed by atoms with Crippen molar-refractivity contribution in [2.75, 3.05) is 18.5 Å². The van der Waals surface area contributed by atoms with Crippen molar-refractivity contribution < 1.29 is 22.3 Å². The van der Waals surface area contributed by atoms with Crippen molar-refractivity contribution in [2.24, 2.45) is 0 Å². The van der Waals surface area contributed by atoms with Crippen molar-refractivity contribution in [3.8, 4) is 0 Å². The summed E-state index contributed by atoms with van der Waals surface area (Å²) in [4.78, 5) is 0. The first-order chi connectivity index (χ1) is 8.65. The number of benzene rings is 1. The first-order valence-corrected chi connectivity index (χ1v) is 5.90. The molecular formula is C13H17F4NO. The molecule has 2 nitrogen and oxygen atoms in total. The highest BCUT2D eigenvalue weighted by molar-refractivity contribution is 5.47. The fourth-order valence-corrected chi connectivity index (χ4v) is 1.58. The Balaban J connectivity index is 2.76. The van der Waals surface area contributed by atoms with Crippen molar-refractivity contribution in [3.63, 3.8) is 0 Å². The molecule has 0 unspecified atom stereocenters. The summed E-state index contributed by atoms with van der Waals surface area (Å²) in [6.07, 6.45) is -4.54. The quantitative estimate of drug-likeness (QED) is 0.820. The molecule has 0 aliphatic carbocycles. The summed E-state index contributed by atoms with van der Waals surface area (Å²) in [5.74, 6) is -0.929. The van der Waals surface area contributed by atoms with Gasteiger partial charge >= 0.3 is 6.18 Å². The maximum Gasteiger partial charge on any atom is 0.416 e. The Kier molecular flexibility index (Phi) is 4.79. The van der Waals surface area contributed by atoms with Crippen LogP contribution in [-0.2, 0) is 10.9 Å². The van der Waals surface area contributed by atoms with Crippen LogP contribution in [0, 0.1) is 5.82 Å². The Morgan fingerprint density at radius 2 is 1.84 bits per heavy atom. The molecule has 0 amide bonds. The van der Waals surface area contributed by atoms with Gasteiger partial charge in [-0.25, -0.2) is 4.39 Å². The van der Waals surface area contributed by atoms with Crippen LogP contribution in [0.1, 0.15) is 26.3 Å². The lowest BCUT2D eigenvalue weighted by Gasteiger charge is -2.25. The maximum atomic E-state index is 13.5. The molecule has 0 aromatic heterocycles. The molecule has 1 aromatic carbocycles. The summed E-state index contributed by atoms with van der Waals surface area (Å²) < 4.78 is 56.0. The van der Waals surface area contributed by atoms with Crippen molar-refractivity contribution in [1.82, 2.24) is 0 Å². The van der Waals surface area contributed by atoms with Crippen LogP contribution in [0.2, 0.25) is 0 Å². The van der Waals surface area contributed by atoms with Gasteiger partial charge in [0.2, 0.25) is 0 Å². The SMILES string of the molecule is CCOC(C)(C)CNc1ccc(C(F)(F)F)cc1F. The third-order valence-electron chi connectivity index (χ3n) is 2.54. The summed E-state index contributed by atoms with van der Waals surface area (Å²) in [6, 6.07) is 2.41. The third-order valence-corrected chi connectivity index (χ3v) is 2.54. The number of nitrogens with one attached hydrogen (secondary N) is 1. The molecule has 0 fully saturated rings. The summed E-state index contributed by atoms with van der Waals surface area (Å²) in [7, 11) is 0. The second kappa shape index (κ2) is 5.77. The van der Waals surface area contributed by atoms with E-state index in [1.54, 1.807) is 0 Å². The molecule has 19 heavy (non-hydrogen) atoms. The number of ether oxygens (including phenoxy) is 1. The lowest BCUT2D eigenvalue weighted by molar-refractivity contribution is -0.137. The van der Waals surface area contributed by atoms with Crippen LogP contribution in [0.3, 0.4) is 0 Å². The number of rotatable bonds is 5. The number of anilines is 1. The molecule has 108 valence electrons. The number of halogens is 4. The molecule has 0 heterocycles. The standard InChI is InChI=1S/C13H17F4NO/c1-4-19-12(2,3)8-18-11-6-5-9(7-10(11)14)13(15,16)17/h5-7,18H,4,8H2,1-3H3. The second-order valence-electron chi connectivity index (χ2n) is 4.74. The Bertz CT molecular complexity index is 429. The van der Waals surface area contributed by atoms with Gasteiger partial charge < -0.3 is 10.1 Å². The fraction of sp³-hybridized carbons (Fsp3) is 0.538. The Morgan fingerprint density at radius 3 is 2.32 bits per heavy atom. The van der Waals surface area contributed by atoms with E-state index in [-0.39, 0.29) is 5.69 Å². The number of hydrogen-bond donors (Lipinski definition) is 1. The van der Waals surface area contributed by atoms with Crippen LogP contribution in [0.25, 0.3) is 0 Å². The molecule has 0 atom stereocenters. The average Bonchev–Trinajstić information content (AvgIpc) is 2.26. The molecular weight excluding hydrogens is 262 g/mol. The van der Waals surface area contributed by atoms with Gasteiger partial charge in [-0.15, -0.1) is 0 Å². The van der Waals surface area contributed by atoms with Gasteiger partial charge in [-0.1, -0.05) is 0 Å². The van der Waals surface area contributed by atoms with Gasteiger partial charge in [0.1, 0.15) is 5.82 Å². The fourth-order valence-electron chi connectivity index (χ4n) is 1.58. The van der Waals surface area contributed by atoms with Crippen LogP contribution in [0.4, 0.5) is 23.2 Å². The molecule has 0 aliphatic rings. The Labute approximate surface area is 109 Å². The van der Waals surface area contributed by atoms with E-state index in [4.69, 9.17) is 4.74 Å². The van der Waals surface area contributed by atoms with Gasteiger partial charge in [0.15, 0.2) is 0 Å². The predicted octanol–water partition coefficient (Wildman–Crippen LogP) is 4.07. The predicted molar refractivity (Wildman–Crippen MR) is 65.6 cm³/mol. The van der Waals surface area contributed by atoms with E-state index >= 15 is 0 Å². The van der Waals surface area contributed by atoms with Crippen LogP contribution in [0.5, 0.6) is 0 Å². The summed E-state index contributed by atoms with van der Waals surface area (Å²) in [5.41, 5.74) is -1.50. The summed E-state index contributed by atoms with van der Waals surface area (Å²) in [6.45, 7) is 6.25. The highest BCUT2D eigenvalue weighted by atomic mass is 19.4. The monoisotopic (exact) mass is 279 g/mol. The zero-order valence-corrected chi connectivity index (χ0v) is 11.1. The minimum Gasteiger partial charge on any atom is -0.380 e. The largest absolute Gasteiger partial charge is 0.416 e. The highest BCUT2D eigenvalue weighted by Crippen LogP contribution is 2.31. The lowest BCUT2D eigenvalue weighted by Crippen LogP contribution is -2.33. The van der Waals surface area contributed by atoms with Crippen molar-refractivity contribution in [1.29, 1.82) is 0 Å². The minimum absolute atomic E-state index is 0.0285. The number of hydrogen-bond acceptors (Lipinski definition) is 2. The van der Waals surface area contributed by atoms with Crippen LogP contribution >= 0.6 is 0 Å². The summed E-state index contributed by atoms with van der Waals surface area (Å²) >= 11 is 0. The molecule has 6 heteroatoms. The highest BCUT2D eigenvalue weighted by Gasteiger charge is 2.31. The van der Waals surface area contributed by atoms with E-state index in [0.717, 1.165) is 12.1 Å². The van der Waals surface area contributed by atoms with Gasteiger partial charge in [0.25, 0.3) is 0 Å². The van der Waals surface area contributed by atoms with E-state index < -0.39 is 23.2 Å². The van der Waals surface area contributed by atoms with Gasteiger partial charge in [-0.3, -0.25) is 0 Å². The third kappa shape index (κ3) is 4.70. The first-order valence-electron chi connectivity index (χ1n) is 5.90. The number of alkyl halides is 3. The molecule has 0 bridgehead atoms. The van der Waals surface area contributed by atoms with E-state index in [1.165, 1.54) is 0 Å². The zero-order valence-electron chi connectivity index (χ0n) is 11.1. The average molecular weight is 279 g/mol. The second-order valence-corrected chi connectivity index (χ2v) is 4.74. The molecule has 1 N–H and O–H groups in total. The molecule has 0 saturated heterocycles. The van der Waals surface area contributed by atoms with E-state index in [2.05, 4.69) is 5.32 Å². The van der Waals surface area contributed by atoms with Gasteiger partial charge in [0.05, 0.1) is 16.9 Å². The van der Waals surface area contributed by atoms with E-state index in [0.29, 0.717) is 19.2 Å². The van der Waals surface area contributed by atoms with Gasteiger partial charge in [0, 0.05) is 13.2 Å². The lowest BCUT2D eigenvalue weighted by atomic mass is 10.1. The molecule has 0 saturated carbocycles. The smallest absolute Gasteiger partial charge is 0.380 e. The first kappa shape index (κ1) is 15.8. The summed E-state index contributed by atoms with van der Waals surface area (Å²) in [5, 5.41) is 2.75. The van der Waals surface area contributed by atoms with Gasteiger partial charge in [-0.2, -0.15) is 13.2 Å². The normalized spacial score (nSPS) is 12.6. The van der Waals surface area contributed by atoms with Crippen LogP contribution in [-0.4, -0.2) is 18.8 Å². The molecule has 1 rings (SSSR count). The Hall–Kier alpha value is -1.30. The van der Waals surface area contributed by atoms with Crippen LogP contribution < -0.4 is 5.32 Å². The van der Waals surface area contributed by atoms with E-state index in [1.807, 2.05) is 20.8 Å². The van der Waals surface area contributed by atoms with Crippen molar-refractivity contribution in [3.05, 3.63) is 29.6 Å². The van der Waals surface area contributed by atoms with Crippen molar-refractivity contribution in [2.45, 2.75) is 32.5 Å².